The molecule has 0 amide bonds. The van der Waals surface area contributed by atoms with Crippen molar-refractivity contribution in [3.8, 4) is 0 Å². The number of aliphatic carboxylic acids is 1. The fourth-order valence-electron chi connectivity index (χ4n) is 2.19. The van der Waals surface area contributed by atoms with E-state index in [2.05, 4.69) is 0 Å². The van der Waals surface area contributed by atoms with Crippen molar-refractivity contribution in [2.45, 2.75) is 24.8 Å². The highest BCUT2D eigenvalue weighted by atomic mass is 32.2. The Morgan fingerprint density at radius 2 is 1.94 bits per heavy atom. The number of benzene rings is 1. The normalized spacial score (nSPS) is 18.6. The van der Waals surface area contributed by atoms with Crippen molar-refractivity contribution in [1.29, 1.82) is 0 Å². The molecule has 2 rings (SSSR count). The average molecular weight is 267 g/mol. The lowest BCUT2D eigenvalue weighted by Gasteiger charge is -2.12. The number of hydrogen-bond acceptors (Lipinski definition) is 4. The highest BCUT2D eigenvalue weighted by molar-refractivity contribution is 7.95. The number of rotatable bonds is 2. The topological polar surface area (TPSA) is 97.5 Å². The van der Waals surface area contributed by atoms with Gasteiger partial charge in [-0.1, -0.05) is 12.1 Å². The van der Waals surface area contributed by atoms with E-state index >= 15 is 0 Å². The first-order valence-corrected chi connectivity index (χ1v) is 6.81. The van der Waals surface area contributed by atoms with Crippen LogP contribution in [0.1, 0.15) is 18.1 Å². The van der Waals surface area contributed by atoms with E-state index in [9.17, 15) is 13.2 Å². The number of hydrogen-bond donors (Lipinski definition) is 2. The zero-order chi connectivity index (χ0) is 13.7. The summed E-state index contributed by atoms with van der Waals surface area (Å²) in [6.45, 7) is 3.13. The Balaban J connectivity index is 2.84. The molecule has 0 saturated heterocycles. The van der Waals surface area contributed by atoms with E-state index in [1.54, 1.807) is 19.1 Å². The smallest absolute Gasteiger partial charge is 0.325 e. The second-order valence-corrected chi connectivity index (χ2v) is 6.30. The van der Waals surface area contributed by atoms with Crippen LogP contribution in [0.3, 0.4) is 0 Å². The third-order valence-electron chi connectivity index (χ3n) is 3.15. The van der Waals surface area contributed by atoms with Gasteiger partial charge in [-0.15, -0.1) is 0 Å². The van der Waals surface area contributed by atoms with Gasteiger partial charge in [-0.2, -0.15) is 0 Å². The molecular formula is C12H13NO4S. The fourth-order valence-corrected chi connectivity index (χ4v) is 3.84. The van der Waals surface area contributed by atoms with Crippen LogP contribution in [-0.2, 0) is 14.6 Å². The Kier molecular flexibility index (Phi) is 2.79. The van der Waals surface area contributed by atoms with Gasteiger partial charge in [0.05, 0.1) is 9.80 Å². The van der Waals surface area contributed by atoms with Crippen molar-refractivity contribution in [2.75, 3.05) is 0 Å². The SMILES string of the molecule is CC1=C(C(N)C(=O)O)c2c(C)cccc2S1(=O)=O. The lowest BCUT2D eigenvalue weighted by atomic mass is 9.95. The van der Waals surface area contributed by atoms with Crippen LogP contribution >= 0.6 is 0 Å². The van der Waals surface area contributed by atoms with Gasteiger partial charge in [-0.05, 0) is 25.5 Å². The molecule has 1 heterocycles. The molecule has 6 heteroatoms. The van der Waals surface area contributed by atoms with Crippen LogP contribution in [0.2, 0.25) is 0 Å². The molecular weight excluding hydrogens is 254 g/mol. The van der Waals surface area contributed by atoms with Crippen molar-refractivity contribution >= 4 is 21.4 Å². The van der Waals surface area contributed by atoms with Gasteiger partial charge in [0.2, 0.25) is 9.84 Å². The second kappa shape index (κ2) is 3.93. The van der Waals surface area contributed by atoms with Crippen molar-refractivity contribution < 1.29 is 18.3 Å². The molecule has 96 valence electrons. The van der Waals surface area contributed by atoms with Gasteiger partial charge in [0.15, 0.2) is 0 Å². The van der Waals surface area contributed by atoms with Gasteiger partial charge in [-0.25, -0.2) is 8.42 Å². The van der Waals surface area contributed by atoms with Crippen LogP contribution in [-0.4, -0.2) is 25.5 Å². The molecule has 1 aromatic rings. The molecule has 3 N–H and O–H groups in total. The number of carboxylic acids is 1. The monoisotopic (exact) mass is 267 g/mol. The molecule has 0 saturated carbocycles. The summed E-state index contributed by atoms with van der Waals surface area (Å²) in [6, 6.07) is 3.51. The molecule has 1 atom stereocenters. The van der Waals surface area contributed by atoms with Gasteiger partial charge in [0, 0.05) is 11.1 Å². The molecule has 1 aliphatic heterocycles. The van der Waals surface area contributed by atoms with Crippen LogP contribution < -0.4 is 5.73 Å². The van der Waals surface area contributed by atoms with Gasteiger partial charge in [-0.3, -0.25) is 4.79 Å². The number of carbonyl (C=O) groups is 1. The van der Waals surface area contributed by atoms with Crippen LogP contribution in [0.25, 0.3) is 5.57 Å². The van der Waals surface area contributed by atoms with E-state index < -0.39 is 21.8 Å². The molecule has 0 aromatic heterocycles. The van der Waals surface area contributed by atoms with E-state index in [1.807, 2.05) is 0 Å². The number of allylic oxidation sites excluding steroid dienone is 1. The number of nitrogens with two attached hydrogens (primary N) is 1. The highest BCUT2D eigenvalue weighted by Crippen LogP contribution is 2.41. The van der Waals surface area contributed by atoms with E-state index in [1.165, 1.54) is 13.0 Å². The summed E-state index contributed by atoms with van der Waals surface area (Å²) in [4.78, 5) is 11.2. The molecule has 0 spiro atoms. The Bertz CT molecular complexity index is 673. The summed E-state index contributed by atoms with van der Waals surface area (Å²) in [7, 11) is -3.60. The van der Waals surface area contributed by atoms with E-state index in [-0.39, 0.29) is 15.4 Å². The highest BCUT2D eigenvalue weighted by Gasteiger charge is 2.38. The number of carboxylic acid groups (broad SMARTS) is 1. The van der Waals surface area contributed by atoms with Gasteiger partial charge < -0.3 is 10.8 Å². The number of fused-ring (bicyclic) bond motifs is 1. The minimum absolute atomic E-state index is 0.0294. The van der Waals surface area contributed by atoms with Crippen molar-refractivity contribution in [1.82, 2.24) is 0 Å². The zero-order valence-corrected chi connectivity index (χ0v) is 10.8. The minimum Gasteiger partial charge on any atom is -0.480 e. The third kappa shape index (κ3) is 1.57. The molecule has 1 unspecified atom stereocenters. The van der Waals surface area contributed by atoms with Crippen LogP contribution in [0.15, 0.2) is 28.0 Å². The summed E-state index contributed by atoms with van der Waals surface area (Å²) in [6.07, 6.45) is 0. The minimum atomic E-state index is -3.60. The fraction of sp³-hybridized carbons (Fsp3) is 0.250. The molecule has 5 nitrogen and oxygen atoms in total. The molecule has 0 fully saturated rings. The Morgan fingerprint density at radius 1 is 1.33 bits per heavy atom. The van der Waals surface area contributed by atoms with Crippen molar-refractivity contribution in [3.63, 3.8) is 0 Å². The summed E-state index contributed by atoms with van der Waals surface area (Å²) in [5.74, 6) is -1.24. The van der Waals surface area contributed by atoms with Gasteiger partial charge in [0.25, 0.3) is 0 Å². The second-order valence-electron chi connectivity index (χ2n) is 4.24. The summed E-state index contributed by atoms with van der Waals surface area (Å²) in [5, 5.41) is 8.99. The summed E-state index contributed by atoms with van der Waals surface area (Å²) < 4.78 is 24.3. The average Bonchev–Trinajstić information content (AvgIpc) is 2.49. The predicted molar refractivity (Wildman–Crippen MR) is 66.6 cm³/mol. The Hall–Kier alpha value is -1.66. The number of aryl methyl sites for hydroxylation is 1. The van der Waals surface area contributed by atoms with Gasteiger partial charge >= 0.3 is 5.97 Å². The Morgan fingerprint density at radius 3 is 2.50 bits per heavy atom. The number of sulfone groups is 1. The first-order chi connectivity index (χ1) is 8.28. The van der Waals surface area contributed by atoms with Crippen LogP contribution in [0.4, 0.5) is 0 Å². The third-order valence-corrected chi connectivity index (χ3v) is 5.10. The van der Waals surface area contributed by atoms with Gasteiger partial charge in [0.1, 0.15) is 6.04 Å². The quantitative estimate of drug-likeness (QED) is 0.830. The maximum atomic E-state index is 12.2. The maximum Gasteiger partial charge on any atom is 0.325 e. The lowest BCUT2D eigenvalue weighted by molar-refractivity contribution is -0.137. The molecule has 0 bridgehead atoms. The molecule has 18 heavy (non-hydrogen) atoms. The van der Waals surface area contributed by atoms with Crippen LogP contribution in [0.5, 0.6) is 0 Å². The molecule has 0 radical (unpaired) electrons. The Labute approximate surface area is 105 Å². The molecule has 0 aliphatic carbocycles. The first-order valence-electron chi connectivity index (χ1n) is 5.32. The summed E-state index contributed by atoms with van der Waals surface area (Å²) in [5.41, 5.74) is 6.93. The van der Waals surface area contributed by atoms with Crippen LogP contribution in [0, 0.1) is 6.92 Å². The van der Waals surface area contributed by atoms with E-state index in [0.717, 1.165) is 0 Å². The van der Waals surface area contributed by atoms with E-state index in [0.29, 0.717) is 11.1 Å². The first kappa shape index (κ1) is 12.8. The maximum absolute atomic E-state index is 12.2. The lowest BCUT2D eigenvalue weighted by Crippen LogP contribution is -2.31. The molecule has 1 aromatic carbocycles. The van der Waals surface area contributed by atoms with Crippen molar-refractivity contribution in [2.24, 2.45) is 5.73 Å². The predicted octanol–water partition coefficient (Wildman–Crippen LogP) is 0.925. The van der Waals surface area contributed by atoms with Crippen molar-refractivity contribution in [3.05, 3.63) is 34.2 Å². The zero-order valence-electron chi connectivity index (χ0n) is 9.97. The summed E-state index contributed by atoms with van der Waals surface area (Å²) >= 11 is 0. The largest absolute Gasteiger partial charge is 0.480 e. The van der Waals surface area contributed by atoms with E-state index in [4.69, 9.17) is 10.8 Å². The molecule has 1 aliphatic rings. The standard InChI is InChI=1S/C12H13NO4S/c1-6-4-3-5-8-9(6)10(11(13)12(14)15)7(2)18(8,16)17/h3-5,11H,13H2,1-2H3,(H,14,15).